The van der Waals surface area contributed by atoms with Crippen LogP contribution in [-0.4, -0.2) is 18.3 Å². The maximum Gasteiger partial charge on any atom is 0.418 e. The number of carbonyl (C=O) groups is 1. The quantitative estimate of drug-likeness (QED) is 0.809. The minimum absolute atomic E-state index is 0.00314. The molecule has 110 valence electrons. The van der Waals surface area contributed by atoms with E-state index in [1.165, 1.54) is 17.0 Å². The molecular weight excluding hydrogens is 281 g/mol. The Balaban J connectivity index is 2.36. The minimum Gasteiger partial charge on any atom is -0.370 e. The van der Waals surface area contributed by atoms with Crippen LogP contribution < -0.4 is 4.90 Å². The standard InChI is InChI=1S/C15H13F3N2O/c1-20(9-11-4-6-19-7-5-11)14-3-2-12(10-21)8-13(14)15(16,17)18/h2-8,10H,9H2,1H3. The predicted molar refractivity (Wildman–Crippen MR) is 73.2 cm³/mol. The minimum atomic E-state index is -4.51. The van der Waals surface area contributed by atoms with Crippen LogP contribution in [0.2, 0.25) is 0 Å². The summed E-state index contributed by atoms with van der Waals surface area (Å²) in [6, 6.07) is 7.03. The third-order valence-corrected chi connectivity index (χ3v) is 3.04. The first-order valence-electron chi connectivity index (χ1n) is 6.18. The molecule has 21 heavy (non-hydrogen) atoms. The van der Waals surface area contributed by atoms with Gasteiger partial charge in [-0.2, -0.15) is 13.2 Å². The summed E-state index contributed by atoms with van der Waals surface area (Å²) in [6.45, 7) is 0.312. The van der Waals surface area contributed by atoms with Gasteiger partial charge in [0.2, 0.25) is 0 Å². The lowest BCUT2D eigenvalue weighted by Crippen LogP contribution is -2.21. The van der Waals surface area contributed by atoms with Crippen LogP contribution >= 0.6 is 0 Å². The Morgan fingerprint density at radius 3 is 2.43 bits per heavy atom. The van der Waals surface area contributed by atoms with Crippen LogP contribution in [0.15, 0.2) is 42.7 Å². The number of pyridine rings is 1. The summed E-state index contributed by atoms with van der Waals surface area (Å²) in [7, 11) is 1.57. The molecule has 0 aliphatic rings. The number of alkyl halides is 3. The van der Waals surface area contributed by atoms with E-state index in [9.17, 15) is 18.0 Å². The second-order valence-electron chi connectivity index (χ2n) is 4.60. The maximum absolute atomic E-state index is 13.1. The number of aromatic nitrogens is 1. The van der Waals surface area contributed by atoms with Crippen LogP contribution in [0, 0.1) is 0 Å². The highest BCUT2D eigenvalue weighted by molar-refractivity contribution is 5.77. The number of aldehydes is 1. The normalized spacial score (nSPS) is 11.2. The summed E-state index contributed by atoms with van der Waals surface area (Å²) in [4.78, 5) is 16.0. The number of carbonyl (C=O) groups excluding carboxylic acids is 1. The van der Waals surface area contributed by atoms with Crippen molar-refractivity contribution in [1.82, 2.24) is 4.98 Å². The van der Waals surface area contributed by atoms with E-state index in [0.29, 0.717) is 12.8 Å². The molecule has 0 saturated carbocycles. The van der Waals surface area contributed by atoms with Gasteiger partial charge in [0.05, 0.1) is 5.56 Å². The van der Waals surface area contributed by atoms with Gasteiger partial charge in [-0.1, -0.05) is 0 Å². The number of halogens is 3. The zero-order valence-corrected chi connectivity index (χ0v) is 11.3. The first-order chi connectivity index (χ1) is 9.91. The smallest absolute Gasteiger partial charge is 0.370 e. The van der Waals surface area contributed by atoms with E-state index in [1.807, 2.05) is 0 Å². The highest BCUT2D eigenvalue weighted by atomic mass is 19.4. The number of anilines is 1. The molecule has 0 atom stereocenters. The third kappa shape index (κ3) is 3.59. The SMILES string of the molecule is CN(Cc1ccncc1)c1ccc(C=O)cc1C(F)(F)F. The van der Waals surface area contributed by atoms with Gasteiger partial charge in [0, 0.05) is 37.2 Å². The molecule has 0 fully saturated rings. The molecule has 2 aromatic rings. The molecule has 3 nitrogen and oxygen atoms in total. The number of nitrogens with zero attached hydrogens (tertiary/aromatic N) is 2. The topological polar surface area (TPSA) is 33.2 Å². The Morgan fingerprint density at radius 1 is 1.19 bits per heavy atom. The summed E-state index contributed by atoms with van der Waals surface area (Å²) in [6.07, 6.45) is -0.935. The molecule has 0 aliphatic heterocycles. The van der Waals surface area contributed by atoms with Gasteiger partial charge < -0.3 is 4.90 Å². The molecule has 1 aromatic carbocycles. The van der Waals surface area contributed by atoms with Crippen molar-refractivity contribution in [3.8, 4) is 0 Å². The van der Waals surface area contributed by atoms with E-state index < -0.39 is 11.7 Å². The second kappa shape index (κ2) is 5.95. The Morgan fingerprint density at radius 2 is 1.86 bits per heavy atom. The first-order valence-corrected chi connectivity index (χ1v) is 6.18. The van der Waals surface area contributed by atoms with Crippen LogP contribution in [0.1, 0.15) is 21.5 Å². The molecule has 1 aromatic heterocycles. The lowest BCUT2D eigenvalue weighted by Gasteiger charge is -2.24. The molecule has 1 heterocycles. The zero-order valence-electron chi connectivity index (χ0n) is 11.3. The third-order valence-electron chi connectivity index (χ3n) is 3.04. The van der Waals surface area contributed by atoms with E-state index in [2.05, 4.69) is 4.98 Å². The van der Waals surface area contributed by atoms with Crippen molar-refractivity contribution in [3.63, 3.8) is 0 Å². The van der Waals surface area contributed by atoms with Crippen molar-refractivity contribution >= 4 is 12.0 Å². The fourth-order valence-electron chi connectivity index (χ4n) is 2.03. The Kier molecular flexibility index (Phi) is 4.26. The van der Waals surface area contributed by atoms with Gasteiger partial charge in [0.1, 0.15) is 6.29 Å². The largest absolute Gasteiger partial charge is 0.418 e. The molecule has 2 rings (SSSR count). The highest BCUT2D eigenvalue weighted by Gasteiger charge is 2.34. The van der Waals surface area contributed by atoms with Gasteiger partial charge in [-0.15, -0.1) is 0 Å². The molecule has 6 heteroatoms. The number of hydrogen-bond donors (Lipinski definition) is 0. The molecule has 0 saturated heterocycles. The summed E-state index contributed by atoms with van der Waals surface area (Å²) in [5, 5.41) is 0. The molecule has 0 amide bonds. The molecule has 0 aliphatic carbocycles. The van der Waals surface area contributed by atoms with Crippen molar-refractivity contribution in [2.24, 2.45) is 0 Å². The Bertz CT molecular complexity index is 627. The van der Waals surface area contributed by atoms with Crippen LogP contribution in [0.5, 0.6) is 0 Å². The Labute approximate surface area is 120 Å². The van der Waals surface area contributed by atoms with E-state index in [1.54, 1.807) is 31.6 Å². The Hall–Kier alpha value is -2.37. The molecule has 0 spiro atoms. The van der Waals surface area contributed by atoms with Gasteiger partial charge in [0.25, 0.3) is 0 Å². The fourth-order valence-corrected chi connectivity index (χ4v) is 2.03. The number of hydrogen-bond acceptors (Lipinski definition) is 3. The molecule has 0 N–H and O–H groups in total. The van der Waals surface area contributed by atoms with Crippen molar-refractivity contribution in [1.29, 1.82) is 0 Å². The summed E-state index contributed by atoms with van der Waals surface area (Å²) in [5.41, 5.74) is 0.0667. The summed E-state index contributed by atoms with van der Waals surface area (Å²) < 4.78 is 39.3. The predicted octanol–water partition coefficient (Wildman–Crippen LogP) is 3.55. The lowest BCUT2D eigenvalue weighted by atomic mass is 10.1. The highest BCUT2D eigenvalue weighted by Crippen LogP contribution is 2.37. The molecule has 0 unspecified atom stereocenters. The van der Waals surface area contributed by atoms with Crippen LogP contribution in [0.25, 0.3) is 0 Å². The van der Waals surface area contributed by atoms with Gasteiger partial charge >= 0.3 is 6.18 Å². The van der Waals surface area contributed by atoms with Crippen LogP contribution in [0.4, 0.5) is 18.9 Å². The summed E-state index contributed by atoms with van der Waals surface area (Å²) >= 11 is 0. The van der Waals surface area contributed by atoms with Crippen molar-refractivity contribution < 1.29 is 18.0 Å². The zero-order chi connectivity index (χ0) is 15.5. The number of benzene rings is 1. The number of rotatable bonds is 4. The molecule has 0 radical (unpaired) electrons. The van der Waals surface area contributed by atoms with E-state index >= 15 is 0 Å². The fraction of sp³-hybridized carbons (Fsp3) is 0.200. The van der Waals surface area contributed by atoms with Gasteiger partial charge in [-0.25, -0.2) is 0 Å². The van der Waals surface area contributed by atoms with Crippen molar-refractivity contribution in [2.75, 3.05) is 11.9 Å². The average molecular weight is 294 g/mol. The first kappa shape index (κ1) is 15.0. The van der Waals surface area contributed by atoms with Crippen molar-refractivity contribution in [3.05, 3.63) is 59.4 Å². The molecular formula is C15H13F3N2O. The maximum atomic E-state index is 13.1. The van der Waals surface area contributed by atoms with E-state index in [-0.39, 0.29) is 11.3 Å². The van der Waals surface area contributed by atoms with Crippen LogP contribution in [-0.2, 0) is 12.7 Å². The van der Waals surface area contributed by atoms with E-state index in [0.717, 1.165) is 11.6 Å². The average Bonchev–Trinajstić information content (AvgIpc) is 2.46. The van der Waals surface area contributed by atoms with Crippen molar-refractivity contribution in [2.45, 2.75) is 12.7 Å². The van der Waals surface area contributed by atoms with Gasteiger partial charge in [0.15, 0.2) is 0 Å². The van der Waals surface area contributed by atoms with Gasteiger partial charge in [-0.3, -0.25) is 9.78 Å². The second-order valence-corrected chi connectivity index (χ2v) is 4.60. The van der Waals surface area contributed by atoms with E-state index in [4.69, 9.17) is 0 Å². The lowest BCUT2D eigenvalue weighted by molar-refractivity contribution is -0.137. The molecule has 0 bridgehead atoms. The van der Waals surface area contributed by atoms with Crippen LogP contribution in [0.3, 0.4) is 0 Å². The van der Waals surface area contributed by atoms with Gasteiger partial charge in [-0.05, 0) is 35.9 Å². The summed E-state index contributed by atoms with van der Waals surface area (Å²) in [5.74, 6) is 0. The monoisotopic (exact) mass is 294 g/mol.